The molecular formula is C24H24F2N8O. The Morgan fingerprint density at radius 3 is 2.71 bits per heavy atom. The first kappa shape index (κ1) is 22.6. The molecule has 1 aliphatic carbocycles. The second-order valence-corrected chi connectivity index (χ2v) is 8.92. The quantitative estimate of drug-likeness (QED) is 0.497. The minimum absolute atomic E-state index is 0.127. The molecule has 5 rings (SSSR count). The molecule has 3 heterocycles. The lowest BCUT2D eigenvalue weighted by atomic mass is 9.92. The molecule has 9 nitrogen and oxygen atoms in total. The minimum Gasteiger partial charge on any atom is -0.346 e. The fraction of sp³-hybridized carbons (Fsp3) is 0.292. The highest BCUT2D eigenvalue weighted by molar-refractivity contribution is 6.45. The van der Waals surface area contributed by atoms with Crippen LogP contribution in [0.5, 0.6) is 0 Å². The smallest absolute Gasteiger partial charge is 0.272 e. The van der Waals surface area contributed by atoms with Gasteiger partial charge in [0, 0.05) is 48.7 Å². The number of likely N-dealkylation sites (tertiary alicyclic amines) is 1. The van der Waals surface area contributed by atoms with E-state index < -0.39 is 23.1 Å². The molecule has 1 saturated carbocycles. The van der Waals surface area contributed by atoms with Gasteiger partial charge in [-0.05, 0) is 43.9 Å². The molecule has 35 heavy (non-hydrogen) atoms. The summed E-state index contributed by atoms with van der Waals surface area (Å²) >= 11 is 0. The Hall–Kier alpha value is -4.15. The summed E-state index contributed by atoms with van der Waals surface area (Å²) in [5, 5.41) is 18.8. The van der Waals surface area contributed by atoms with E-state index in [9.17, 15) is 13.6 Å². The monoisotopic (exact) mass is 478 g/mol. The zero-order valence-electron chi connectivity index (χ0n) is 19.3. The van der Waals surface area contributed by atoms with E-state index in [4.69, 9.17) is 5.41 Å². The highest BCUT2D eigenvalue weighted by Gasteiger charge is 2.54. The van der Waals surface area contributed by atoms with Crippen LogP contribution in [0.1, 0.15) is 30.4 Å². The number of rotatable bonds is 6. The zero-order valence-corrected chi connectivity index (χ0v) is 19.3. The van der Waals surface area contributed by atoms with Crippen molar-refractivity contribution in [2.45, 2.75) is 38.3 Å². The maximum absolute atomic E-state index is 13.7. The van der Waals surface area contributed by atoms with Gasteiger partial charge in [-0.1, -0.05) is 6.07 Å². The fourth-order valence-electron chi connectivity index (χ4n) is 4.22. The standard InChI is InChI=1S/C24H24F2N8O/c1-14-11-29-23(31-19-5-8-30-33(19)2)32-21(14)28-12-16-10-24(6-7-24)34(22(35)20(16)27)13-15-3-4-17(25)18(26)9-15/h3-5,8-9,11-12,27H,6-7,10,13H2,1-2H3,(H2,28,29,31,32)/b16-12-,27-20?. The third-order valence-corrected chi connectivity index (χ3v) is 6.44. The highest BCUT2D eigenvalue weighted by atomic mass is 19.2. The number of anilines is 3. The van der Waals surface area contributed by atoms with Gasteiger partial charge in [-0.3, -0.25) is 14.9 Å². The van der Waals surface area contributed by atoms with Crippen LogP contribution in [-0.2, 0) is 18.4 Å². The second-order valence-electron chi connectivity index (χ2n) is 8.92. The Morgan fingerprint density at radius 2 is 2.03 bits per heavy atom. The van der Waals surface area contributed by atoms with Gasteiger partial charge in [0.15, 0.2) is 11.6 Å². The molecule has 0 bridgehead atoms. The number of hydrogen-bond acceptors (Lipinski definition) is 7. The maximum Gasteiger partial charge on any atom is 0.272 e. The fourth-order valence-corrected chi connectivity index (χ4v) is 4.22. The number of halogens is 2. The number of aryl methyl sites for hydroxylation is 2. The van der Waals surface area contributed by atoms with Gasteiger partial charge in [0.05, 0.1) is 6.20 Å². The molecule has 0 radical (unpaired) electrons. The van der Waals surface area contributed by atoms with Crippen LogP contribution in [0.4, 0.5) is 26.4 Å². The normalized spacial score (nSPS) is 17.8. The number of aromatic nitrogens is 4. The molecule has 1 aliphatic heterocycles. The van der Waals surface area contributed by atoms with E-state index in [0.717, 1.165) is 36.4 Å². The first-order valence-corrected chi connectivity index (χ1v) is 11.1. The number of piperidine rings is 1. The van der Waals surface area contributed by atoms with E-state index in [2.05, 4.69) is 25.7 Å². The van der Waals surface area contributed by atoms with Gasteiger partial charge in [0.25, 0.3) is 5.91 Å². The molecule has 11 heteroatoms. The third kappa shape index (κ3) is 4.36. The van der Waals surface area contributed by atoms with Crippen LogP contribution in [-0.4, -0.2) is 41.8 Å². The number of amides is 1. The molecule has 0 unspecified atom stereocenters. The van der Waals surface area contributed by atoms with Gasteiger partial charge in [-0.15, -0.1) is 0 Å². The van der Waals surface area contributed by atoms with Crippen LogP contribution in [0.2, 0.25) is 0 Å². The molecule has 1 spiro atoms. The Labute approximate surface area is 200 Å². The van der Waals surface area contributed by atoms with Crippen molar-refractivity contribution in [1.82, 2.24) is 24.6 Å². The average molecular weight is 479 g/mol. The molecule has 0 atom stereocenters. The van der Waals surface area contributed by atoms with Gasteiger partial charge in [0.2, 0.25) is 5.95 Å². The lowest BCUT2D eigenvalue weighted by molar-refractivity contribution is -0.128. The first-order chi connectivity index (χ1) is 16.8. The zero-order chi connectivity index (χ0) is 24.7. The Balaban J connectivity index is 1.33. The van der Waals surface area contributed by atoms with Crippen molar-refractivity contribution in [3.8, 4) is 0 Å². The van der Waals surface area contributed by atoms with E-state index >= 15 is 0 Å². The Bertz CT molecular complexity index is 1360. The highest BCUT2D eigenvalue weighted by Crippen LogP contribution is 2.50. The van der Waals surface area contributed by atoms with Crippen molar-refractivity contribution >= 4 is 29.2 Å². The van der Waals surface area contributed by atoms with Gasteiger partial charge in [0.1, 0.15) is 17.3 Å². The molecular weight excluding hydrogens is 454 g/mol. The topological polar surface area (TPSA) is 112 Å². The predicted octanol–water partition coefficient (Wildman–Crippen LogP) is 3.82. The summed E-state index contributed by atoms with van der Waals surface area (Å²) in [5.74, 6) is -0.645. The largest absolute Gasteiger partial charge is 0.346 e. The molecule has 2 aliphatic rings. The molecule has 2 aromatic heterocycles. The van der Waals surface area contributed by atoms with Crippen molar-refractivity contribution in [1.29, 1.82) is 5.41 Å². The summed E-state index contributed by atoms with van der Waals surface area (Å²) < 4.78 is 28.6. The minimum atomic E-state index is -0.950. The summed E-state index contributed by atoms with van der Waals surface area (Å²) in [6.07, 6.45) is 7.07. The van der Waals surface area contributed by atoms with E-state index in [1.54, 1.807) is 41.3 Å². The van der Waals surface area contributed by atoms with Crippen LogP contribution in [0.25, 0.3) is 0 Å². The van der Waals surface area contributed by atoms with Gasteiger partial charge >= 0.3 is 0 Å². The van der Waals surface area contributed by atoms with E-state index in [0.29, 0.717) is 29.3 Å². The van der Waals surface area contributed by atoms with Crippen molar-refractivity contribution < 1.29 is 13.6 Å². The SMILES string of the molecule is Cc1cnc(Nc2ccnn2C)nc1N/C=C1/CC2(CC2)N(Cc2ccc(F)c(F)c2)C(=O)C1=N. The molecule has 1 saturated heterocycles. The third-order valence-electron chi connectivity index (χ3n) is 6.44. The van der Waals surface area contributed by atoms with Crippen LogP contribution < -0.4 is 10.6 Å². The van der Waals surface area contributed by atoms with Gasteiger partial charge < -0.3 is 15.5 Å². The van der Waals surface area contributed by atoms with Crippen molar-refractivity contribution in [3.63, 3.8) is 0 Å². The number of carbonyl (C=O) groups is 1. The summed E-state index contributed by atoms with van der Waals surface area (Å²) in [6, 6.07) is 5.42. The summed E-state index contributed by atoms with van der Waals surface area (Å²) in [6.45, 7) is 1.99. The Morgan fingerprint density at radius 1 is 1.23 bits per heavy atom. The first-order valence-electron chi connectivity index (χ1n) is 11.1. The van der Waals surface area contributed by atoms with Crippen LogP contribution in [0, 0.1) is 24.0 Å². The number of benzene rings is 1. The van der Waals surface area contributed by atoms with E-state index in [1.165, 1.54) is 6.07 Å². The summed E-state index contributed by atoms with van der Waals surface area (Å²) in [5.41, 5.74) is 1.33. The lowest BCUT2D eigenvalue weighted by Crippen LogP contribution is -2.50. The van der Waals surface area contributed by atoms with Gasteiger partial charge in [-0.2, -0.15) is 10.1 Å². The predicted molar refractivity (Wildman–Crippen MR) is 126 cm³/mol. The van der Waals surface area contributed by atoms with Crippen molar-refractivity contribution in [2.75, 3.05) is 10.6 Å². The van der Waals surface area contributed by atoms with Crippen LogP contribution in [0.3, 0.4) is 0 Å². The molecule has 2 fully saturated rings. The molecule has 1 amide bonds. The molecule has 3 aromatic rings. The van der Waals surface area contributed by atoms with Crippen LogP contribution in [0.15, 0.2) is 48.4 Å². The van der Waals surface area contributed by atoms with E-state index in [-0.39, 0.29) is 12.3 Å². The average Bonchev–Trinajstić information content (AvgIpc) is 3.50. The van der Waals surface area contributed by atoms with Crippen molar-refractivity contribution in [3.05, 3.63) is 71.2 Å². The molecule has 1 aromatic carbocycles. The second kappa shape index (κ2) is 8.57. The summed E-state index contributed by atoms with van der Waals surface area (Å²) in [7, 11) is 1.80. The van der Waals surface area contributed by atoms with Gasteiger partial charge in [-0.25, -0.2) is 13.8 Å². The maximum atomic E-state index is 13.7. The number of hydrogen-bond donors (Lipinski definition) is 3. The number of carbonyl (C=O) groups excluding carboxylic acids is 1. The number of nitrogens with one attached hydrogen (secondary N) is 3. The summed E-state index contributed by atoms with van der Waals surface area (Å²) in [4.78, 5) is 23.5. The molecule has 180 valence electrons. The van der Waals surface area contributed by atoms with E-state index in [1.807, 2.05) is 6.92 Å². The number of nitrogens with zero attached hydrogens (tertiary/aromatic N) is 5. The Kier molecular flexibility index (Phi) is 5.54. The van der Waals surface area contributed by atoms with Crippen molar-refractivity contribution in [2.24, 2.45) is 7.05 Å². The molecule has 3 N–H and O–H groups in total. The lowest BCUT2D eigenvalue weighted by Gasteiger charge is -2.37. The van der Waals surface area contributed by atoms with Crippen LogP contribution >= 0.6 is 0 Å².